The lowest BCUT2D eigenvalue weighted by molar-refractivity contribution is -0.0514. The molecule has 7 nitrogen and oxygen atoms in total. The van der Waals surface area contributed by atoms with E-state index in [9.17, 15) is 8.78 Å². The summed E-state index contributed by atoms with van der Waals surface area (Å²) in [5.74, 6) is 1.81. The van der Waals surface area contributed by atoms with Gasteiger partial charge in [-0.05, 0) is 44.4 Å². The molecule has 0 amide bonds. The van der Waals surface area contributed by atoms with Crippen molar-refractivity contribution >= 4 is 11.6 Å². The van der Waals surface area contributed by atoms with Gasteiger partial charge in [-0.15, -0.1) is 0 Å². The molecule has 4 rings (SSSR count). The zero-order valence-corrected chi connectivity index (χ0v) is 15.7. The van der Waals surface area contributed by atoms with Gasteiger partial charge in [0.25, 0.3) is 5.78 Å². The van der Waals surface area contributed by atoms with Gasteiger partial charge in [-0.25, -0.2) is 4.98 Å². The molecule has 0 N–H and O–H groups in total. The number of fused-ring (bicyclic) bond motifs is 1. The molecule has 2 aromatic heterocycles. The van der Waals surface area contributed by atoms with Crippen molar-refractivity contribution in [1.82, 2.24) is 19.6 Å². The lowest BCUT2D eigenvalue weighted by Gasteiger charge is -2.25. The third-order valence-corrected chi connectivity index (χ3v) is 4.52. The molecule has 0 atom stereocenters. The van der Waals surface area contributed by atoms with Gasteiger partial charge in [0.2, 0.25) is 0 Å². The van der Waals surface area contributed by atoms with Crippen LogP contribution in [0.2, 0.25) is 0 Å². The summed E-state index contributed by atoms with van der Waals surface area (Å²) in [7, 11) is 0. The number of rotatable bonds is 8. The van der Waals surface area contributed by atoms with Gasteiger partial charge in [0.1, 0.15) is 12.1 Å². The topological polar surface area (TPSA) is 64.8 Å². The van der Waals surface area contributed by atoms with Crippen LogP contribution in [0.3, 0.4) is 0 Å². The molecule has 0 radical (unpaired) electrons. The molecule has 1 aliphatic rings. The Balaban J connectivity index is 1.67. The Kier molecular flexibility index (Phi) is 4.97. The molecule has 3 aromatic rings. The summed E-state index contributed by atoms with van der Waals surface area (Å²) in [5.41, 5.74) is 1.79. The van der Waals surface area contributed by atoms with Gasteiger partial charge in [0.15, 0.2) is 11.5 Å². The van der Waals surface area contributed by atoms with Gasteiger partial charge in [0, 0.05) is 24.3 Å². The van der Waals surface area contributed by atoms with Gasteiger partial charge < -0.3 is 14.4 Å². The first kappa shape index (κ1) is 18.4. The van der Waals surface area contributed by atoms with Crippen LogP contribution in [-0.4, -0.2) is 38.8 Å². The molecular weight excluding hydrogens is 368 g/mol. The van der Waals surface area contributed by atoms with E-state index in [1.54, 1.807) is 23.6 Å². The summed E-state index contributed by atoms with van der Waals surface area (Å²) < 4.78 is 37.1. The Morgan fingerprint density at radius 1 is 1.25 bits per heavy atom. The van der Waals surface area contributed by atoms with Gasteiger partial charge >= 0.3 is 6.61 Å². The SMILES string of the molecule is CCOc1cc(CN(c2cc(C)nc3ncnn23)C2CC2)ccc1OC(F)F. The van der Waals surface area contributed by atoms with E-state index < -0.39 is 6.61 Å². The van der Waals surface area contributed by atoms with E-state index in [0.29, 0.717) is 30.7 Å². The lowest BCUT2D eigenvalue weighted by Crippen LogP contribution is -2.27. The van der Waals surface area contributed by atoms with Gasteiger partial charge in [-0.3, -0.25) is 0 Å². The molecule has 1 saturated carbocycles. The standard InChI is InChI=1S/C19H21F2N5O2/c1-3-27-16-9-13(4-7-15(16)28-18(20)21)10-25(14-5-6-14)17-8-12(2)24-19-22-11-23-26(17)19/h4,7-9,11,14,18H,3,5-6,10H2,1-2H3. The minimum atomic E-state index is -2.89. The largest absolute Gasteiger partial charge is 0.490 e. The van der Waals surface area contributed by atoms with Gasteiger partial charge in [-0.2, -0.15) is 23.4 Å². The molecule has 0 aliphatic heterocycles. The second-order valence-corrected chi connectivity index (χ2v) is 6.68. The average Bonchev–Trinajstić information content (AvgIpc) is 3.38. The minimum Gasteiger partial charge on any atom is -0.490 e. The van der Waals surface area contributed by atoms with Crippen molar-refractivity contribution in [3.63, 3.8) is 0 Å². The van der Waals surface area contributed by atoms with Crippen molar-refractivity contribution in [1.29, 1.82) is 0 Å². The van der Waals surface area contributed by atoms with Gasteiger partial charge in [-0.1, -0.05) is 6.07 Å². The molecule has 2 heterocycles. The first-order chi connectivity index (χ1) is 13.5. The molecule has 1 aliphatic carbocycles. The molecule has 1 fully saturated rings. The van der Waals surface area contributed by atoms with Crippen molar-refractivity contribution in [2.45, 2.75) is 45.9 Å². The van der Waals surface area contributed by atoms with Crippen LogP contribution >= 0.6 is 0 Å². The molecular formula is C19H21F2N5O2. The summed E-state index contributed by atoms with van der Waals surface area (Å²) in [6.07, 6.45) is 3.66. The highest BCUT2D eigenvalue weighted by Gasteiger charge is 2.31. The summed E-state index contributed by atoms with van der Waals surface area (Å²) >= 11 is 0. The molecule has 28 heavy (non-hydrogen) atoms. The molecule has 0 unspecified atom stereocenters. The van der Waals surface area contributed by atoms with Crippen molar-refractivity contribution in [3.8, 4) is 11.5 Å². The predicted octanol–water partition coefficient (Wildman–Crippen LogP) is 3.60. The Morgan fingerprint density at radius 2 is 2.07 bits per heavy atom. The predicted molar refractivity (Wildman–Crippen MR) is 99.0 cm³/mol. The maximum atomic E-state index is 12.6. The van der Waals surface area contributed by atoms with E-state index in [0.717, 1.165) is 29.9 Å². The lowest BCUT2D eigenvalue weighted by atomic mass is 10.1. The number of halogens is 2. The Labute approximate surface area is 160 Å². The van der Waals surface area contributed by atoms with Crippen LogP contribution < -0.4 is 14.4 Å². The van der Waals surface area contributed by atoms with Crippen molar-refractivity contribution < 1.29 is 18.3 Å². The second-order valence-electron chi connectivity index (χ2n) is 6.68. The zero-order valence-electron chi connectivity index (χ0n) is 15.7. The van der Waals surface area contributed by atoms with Crippen LogP contribution in [0.25, 0.3) is 5.78 Å². The van der Waals surface area contributed by atoms with Crippen LogP contribution in [0, 0.1) is 6.92 Å². The zero-order chi connectivity index (χ0) is 19.7. The highest BCUT2D eigenvalue weighted by atomic mass is 19.3. The average molecular weight is 389 g/mol. The fourth-order valence-electron chi connectivity index (χ4n) is 3.21. The van der Waals surface area contributed by atoms with Crippen molar-refractivity contribution in [2.24, 2.45) is 0 Å². The number of aromatic nitrogens is 4. The first-order valence-corrected chi connectivity index (χ1v) is 9.19. The maximum Gasteiger partial charge on any atom is 0.387 e. The highest BCUT2D eigenvalue weighted by molar-refractivity contribution is 5.51. The smallest absolute Gasteiger partial charge is 0.387 e. The van der Waals surface area contributed by atoms with E-state index >= 15 is 0 Å². The number of aryl methyl sites for hydroxylation is 1. The van der Waals surface area contributed by atoms with Crippen LogP contribution in [0.15, 0.2) is 30.6 Å². The summed E-state index contributed by atoms with van der Waals surface area (Å²) in [5, 5.41) is 4.30. The number of benzene rings is 1. The summed E-state index contributed by atoms with van der Waals surface area (Å²) in [6, 6.07) is 7.44. The summed E-state index contributed by atoms with van der Waals surface area (Å²) in [6.45, 7) is 1.77. The Hall–Kier alpha value is -2.97. The number of nitrogens with zero attached hydrogens (tertiary/aromatic N) is 5. The van der Waals surface area contributed by atoms with Crippen LogP contribution in [0.1, 0.15) is 31.0 Å². The number of ether oxygens (including phenoxy) is 2. The van der Waals surface area contributed by atoms with E-state index in [2.05, 4.69) is 24.7 Å². The fraction of sp³-hybridized carbons (Fsp3) is 0.421. The van der Waals surface area contributed by atoms with Crippen molar-refractivity contribution in [3.05, 3.63) is 41.9 Å². The van der Waals surface area contributed by atoms with Crippen LogP contribution in [-0.2, 0) is 6.54 Å². The number of alkyl halides is 2. The fourth-order valence-corrected chi connectivity index (χ4v) is 3.21. The van der Waals surface area contributed by atoms with E-state index in [1.165, 1.54) is 12.4 Å². The Morgan fingerprint density at radius 3 is 2.79 bits per heavy atom. The van der Waals surface area contributed by atoms with E-state index in [4.69, 9.17) is 4.74 Å². The molecule has 0 saturated heterocycles. The normalized spacial score (nSPS) is 13.9. The third-order valence-electron chi connectivity index (χ3n) is 4.52. The molecule has 0 bridgehead atoms. The van der Waals surface area contributed by atoms with E-state index in [1.807, 2.05) is 13.0 Å². The number of anilines is 1. The van der Waals surface area contributed by atoms with Crippen molar-refractivity contribution in [2.75, 3.05) is 11.5 Å². The summed E-state index contributed by atoms with van der Waals surface area (Å²) in [4.78, 5) is 10.8. The minimum absolute atomic E-state index is 0.0389. The molecule has 0 spiro atoms. The molecule has 1 aromatic carbocycles. The second kappa shape index (κ2) is 7.57. The quantitative estimate of drug-likeness (QED) is 0.587. The van der Waals surface area contributed by atoms with Crippen LogP contribution in [0.4, 0.5) is 14.6 Å². The Bertz CT molecular complexity index is 974. The van der Waals surface area contributed by atoms with Gasteiger partial charge in [0.05, 0.1) is 6.61 Å². The number of hydrogen-bond acceptors (Lipinski definition) is 6. The maximum absolute atomic E-state index is 12.6. The van der Waals surface area contributed by atoms with Crippen LogP contribution in [0.5, 0.6) is 11.5 Å². The third kappa shape index (κ3) is 3.83. The molecule has 148 valence electrons. The molecule has 9 heteroatoms. The number of hydrogen-bond donors (Lipinski definition) is 0. The monoisotopic (exact) mass is 389 g/mol. The first-order valence-electron chi connectivity index (χ1n) is 9.19. The van der Waals surface area contributed by atoms with E-state index in [-0.39, 0.29) is 5.75 Å². The highest BCUT2D eigenvalue weighted by Crippen LogP contribution is 2.35.